The highest BCUT2D eigenvalue weighted by Gasteiger charge is 2.29. The van der Waals surface area contributed by atoms with Gasteiger partial charge < -0.3 is 9.84 Å². The first-order valence-electron chi connectivity index (χ1n) is 6.04. The number of hydrogen-bond acceptors (Lipinski definition) is 2. The van der Waals surface area contributed by atoms with Crippen molar-refractivity contribution in [2.75, 3.05) is 0 Å². The van der Waals surface area contributed by atoms with E-state index in [2.05, 4.69) is 15.9 Å². The maximum Gasteiger partial charge on any atom is 0.128 e. The van der Waals surface area contributed by atoms with Crippen molar-refractivity contribution >= 4 is 27.5 Å². The predicted octanol–water partition coefficient (Wildman–Crippen LogP) is 4.66. The van der Waals surface area contributed by atoms with E-state index in [1.165, 1.54) is 0 Å². The molecule has 3 rings (SSSR count). The minimum atomic E-state index is -0.530. The zero-order valence-corrected chi connectivity index (χ0v) is 12.4. The zero-order valence-electron chi connectivity index (χ0n) is 10.0. The van der Waals surface area contributed by atoms with Gasteiger partial charge in [0, 0.05) is 27.0 Å². The first kappa shape index (κ1) is 13.0. The lowest BCUT2D eigenvalue weighted by Crippen LogP contribution is -2.19. The predicted molar refractivity (Wildman–Crippen MR) is 78.5 cm³/mol. The van der Waals surface area contributed by atoms with Crippen molar-refractivity contribution in [1.29, 1.82) is 0 Å². The van der Waals surface area contributed by atoms with Crippen molar-refractivity contribution in [1.82, 2.24) is 0 Å². The van der Waals surface area contributed by atoms with Crippen LogP contribution in [-0.2, 0) is 0 Å². The van der Waals surface area contributed by atoms with Gasteiger partial charge in [0.25, 0.3) is 0 Å². The Morgan fingerprint density at radius 1 is 1.16 bits per heavy atom. The largest absolute Gasteiger partial charge is 0.485 e. The Balaban J connectivity index is 1.99. The molecule has 0 saturated carbocycles. The van der Waals surface area contributed by atoms with Gasteiger partial charge in [0.15, 0.2) is 0 Å². The lowest BCUT2D eigenvalue weighted by molar-refractivity contribution is 0.0657. The number of aliphatic hydroxyl groups excluding tert-OH is 1. The lowest BCUT2D eigenvalue weighted by Gasteiger charge is -2.30. The van der Waals surface area contributed by atoms with Crippen LogP contribution >= 0.6 is 27.5 Å². The van der Waals surface area contributed by atoms with Crippen LogP contribution in [0.25, 0.3) is 0 Å². The van der Waals surface area contributed by atoms with Gasteiger partial charge in [-0.1, -0.05) is 51.8 Å². The van der Waals surface area contributed by atoms with Crippen LogP contribution in [0, 0.1) is 0 Å². The summed E-state index contributed by atoms with van der Waals surface area (Å²) in [5, 5.41) is 10.9. The smallest absolute Gasteiger partial charge is 0.128 e. The number of fused-ring (bicyclic) bond motifs is 1. The molecular formula is C15H12BrClO2. The minimum absolute atomic E-state index is 0.217. The van der Waals surface area contributed by atoms with E-state index < -0.39 is 6.10 Å². The SMILES string of the molecule is O[C@H]1CC(c2ccccc2Cl)Oc2cc(Br)ccc21. The van der Waals surface area contributed by atoms with Crippen molar-refractivity contribution in [2.24, 2.45) is 0 Å². The van der Waals surface area contributed by atoms with E-state index >= 15 is 0 Å². The van der Waals surface area contributed by atoms with Gasteiger partial charge >= 0.3 is 0 Å². The quantitative estimate of drug-likeness (QED) is 0.819. The van der Waals surface area contributed by atoms with Crippen LogP contribution in [0.1, 0.15) is 29.8 Å². The molecule has 98 valence electrons. The summed E-state index contributed by atoms with van der Waals surface area (Å²) in [6, 6.07) is 13.2. The van der Waals surface area contributed by atoms with Crippen LogP contribution in [0.15, 0.2) is 46.9 Å². The van der Waals surface area contributed by atoms with E-state index in [1.54, 1.807) is 0 Å². The Kier molecular flexibility index (Phi) is 3.52. The second-order valence-corrected chi connectivity index (χ2v) is 5.88. The summed E-state index contributed by atoms with van der Waals surface area (Å²) < 4.78 is 6.90. The van der Waals surface area contributed by atoms with E-state index in [1.807, 2.05) is 42.5 Å². The summed E-state index contributed by atoms with van der Waals surface area (Å²) in [5.74, 6) is 0.707. The molecule has 2 aromatic rings. The average molecular weight is 340 g/mol. The molecular weight excluding hydrogens is 328 g/mol. The van der Waals surface area contributed by atoms with Gasteiger partial charge in [0.05, 0.1) is 6.10 Å². The molecule has 1 aliphatic rings. The van der Waals surface area contributed by atoms with Crippen LogP contribution in [0.4, 0.5) is 0 Å². The second kappa shape index (κ2) is 5.16. The number of rotatable bonds is 1. The van der Waals surface area contributed by atoms with Crippen LogP contribution in [0.5, 0.6) is 5.75 Å². The lowest BCUT2D eigenvalue weighted by atomic mass is 9.95. The third kappa shape index (κ3) is 2.50. The van der Waals surface area contributed by atoms with Crippen LogP contribution in [0.3, 0.4) is 0 Å². The zero-order chi connectivity index (χ0) is 13.4. The highest BCUT2D eigenvalue weighted by atomic mass is 79.9. The third-order valence-electron chi connectivity index (χ3n) is 3.29. The molecule has 0 spiro atoms. The fraction of sp³-hybridized carbons (Fsp3) is 0.200. The Bertz CT molecular complexity index is 615. The van der Waals surface area contributed by atoms with Gasteiger partial charge in [-0.05, 0) is 18.2 Å². The summed E-state index contributed by atoms with van der Waals surface area (Å²) in [4.78, 5) is 0. The minimum Gasteiger partial charge on any atom is -0.485 e. The molecule has 0 amide bonds. The average Bonchev–Trinajstić information content (AvgIpc) is 2.38. The summed E-state index contributed by atoms with van der Waals surface area (Å²) in [7, 11) is 0. The van der Waals surface area contributed by atoms with Crippen molar-refractivity contribution in [2.45, 2.75) is 18.6 Å². The molecule has 0 aromatic heterocycles. The molecule has 4 heteroatoms. The Morgan fingerprint density at radius 2 is 1.95 bits per heavy atom. The molecule has 0 radical (unpaired) electrons. The molecule has 2 atom stereocenters. The van der Waals surface area contributed by atoms with Gasteiger partial charge in [0.2, 0.25) is 0 Å². The summed E-state index contributed by atoms with van der Waals surface area (Å²) >= 11 is 9.61. The van der Waals surface area contributed by atoms with E-state index in [9.17, 15) is 5.11 Å². The number of halogens is 2. The molecule has 0 aliphatic carbocycles. The standard InChI is InChI=1S/C15H12BrClO2/c16-9-5-6-11-13(18)8-15(19-14(11)7-9)10-3-1-2-4-12(10)17/h1-7,13,15,18H,8H2/t13-,15?/m0/s1. The van der Waals surface area contributed by atoms with E-state index in [4.69, 9.17) is 16.3 Å². The molecule has 1 unspecified atom stereocenters. The van der Waals surface area contributed by atoms with E-state index in [-0.39, 0.29) is 6.10 Å². The van der Waals surface area contributed by atoms with Crippen LogP contribution in [0.2, 0.25) is 5.02 Å². The molecule has 2 aromatic carbocycles. The number of ether oxygens (including phenoxy) is 1. The van der Waals surface area contributed by atoms with Crippen LogP contribution in [-0.4, -0.2) is 5.11 Å². The maximum absolute atomic E-state index is 10.2. The van der Waals surface area contributed by atoms with Crippen molar-refractivity contribution < 1.29 is 9.84 Å². The molecule has 19 heavy (non-hydrogen) atoms. The summed E-state index contributed by atoms with van der Waals surface area (Å²) in [6.45, 7) is 0. The normalized spacial score (nSPS) is 21.6. The molecule has 0 fully saturated rings. The number of aliphatic hydroxyl groups is 1. The Hall–Kier alpha value is -1.03. The summed E-state index contributed by atoms with van der Waals surface area (Å²) in [6.07, 6.45) is -0.234. The van der Waals surface area contributed by atoms with E-state index in [0.717, 1.165) is 15.6 Å². The first-order chi connectivity index (χ1) is 9.15. The topological polar surface area (TPSA) is 29.5 Å². The Labute approximate surface area is 125 Å². The number of benzene rings is 2. The highest BCUT2D eigenvalue weighted by Crippen LogP contribution is 2.43. The summed E-state index contributed by atoms with van der Waals surface area (Å²) in [5.41, 5.74) is 1.74. The monoisotopic (exact) mass is 338 g/mol. The molecule has 1 heterocycles. The molecule has 1 N–H and O–H groups in total. The highest BCUT2D eigenvalue weighted by molar-refractivity contribution is 9.10. The van der Waals surface area contributed by atoms with E-state index in [0.29, 0.717) is 17.2 Å². The maximum atomic E-state index is 10.2. The Morgan fingerprint density at radius 3 is 2.74 bits per heavy atom. The van der Waals surface area contributed by atoms with Gasteiger partial charge in [-0.15, -0.1) is 0 Å². The van der Waals surface area contributed by atoms with Crippen LogP contribution < -0.4 is 4.74 Å². The third-order valence-corrected chi connectivity index (χ3v) is 4.13. The molecule has 0 saturated heterocycles. The van der Waals surface area contributed by atoms with Gasteiger partial charge in [0.1, 0.15) is 11.9 Å². The molecule has 2 nitrogen and oxygen atoms in total. The molecule has 0 bridgehead atoms. The van der Waals surface area contributed by atoms with Gasteiger partial charge in [-0.25, -0.2) is 0 Å². The van der Waals surface area contributed by atoms with Gasteiger partial charge in [-0.2, -0.15) is 0 Å². The number of hydrogen-bond donors (Lipinski definition) is 1. The fourth-order valence-electron chi connectivity index (χ4n) is 2.34. The first-order valence-corrected chi connectivity index (χ1v) is 7.21. The second-order valence-electron chi connectivity index (χ2n) is 4.56. The fourth-order valence-corrected chi connectivity index (χ4v) is 2.94. The molecule has 1 aliphatic heterocycles. The van der Waals surface area contributed by atoms with Gasteiger partial charge in [-0.3, -0.25) is 0 Å². The van der Waals surface area contributed by atoms with Crippen molar-refractivity contribution in [3.05, 3.63) is 63.1 Å². The van der Waals surface area contributed by atoms with Crippen molar-refractivity contribution in [3.8, 4) is 5.75 Å². The van der Waals surface area contributed by atoms with Crippen molar-refractivity contribution in [3.63, 3.8) is 0 Å².